The number of pyridine rings is 1. The fourth-order valence-electron chi connectivity index (χ4n) is 6.29. The van der Waals surface area contributed by atoms with Gasteiger partial charge in [0.2, 0.25) is 15.6 Å². The summed E-state index contributed by atoms with van der Waals surface area (Å²) >= 11 is 17.1. The fourth-order valence-corrected chi connectivity index (χ4v) is 8.25. The van der Waals surface area contributed by atoms with E-state index in [1.165, 1.54) is 18.9 Å². The Balaban J connectivity index is 1.91. The summed E-state index contributed by atoms with van der Waals surface area (Å²) in [6.45, 7) is 24.3. The van der Waals surface area contributed by atoms with Crippen LogP contribution in [-0.4, -0.2) is 88.6 Å². The third-order valence-electron chi connectivity index (χ3n) is 11.2. The molecule has 1 aliphatic rings. The molecule has 1 fully saturated rings. The molecule has 1 aliphatic heterocycles. The number of hydrogen-bond acceptors (Lipinski definition) is 10. The molecule has 3 rings (SSSR count). The number of esters is 2. The predicted molar refractivity (Wildman–Crippen MR) is 235 cm³/mol. The van der Waals surface area contributed by atoms with Gasteiger partial charge in [-0.25, -0.2) is 10.4 Å². The van der Waals surface area contributed by atoms with Crippen LogP contribution in [0.3, 0.4) is 0 Å². The standard InChI is InChI=1S/C42H62Cl3N5O8Si/c1-25(2)34(35(52)46-26(3)36(53)50-22-14-15-32(49-50)37(54)56-24-42(43,44)45)48-38(55)41(11,40(9,10)58-59(12,13)39(6,7)8)21-20-29-16-17-30-18-19-31(47-33(30)23-29)27(4)57-28(5)51/h16-21,23,25-27,32,34,49H,14-15,22,24H2,1-13H3,(H,46,52)(H,48,55)/b21-20+/t26-,27+,32-,34-,41?/m0/s1. The molecular formula is C42H62Cl3N5O8Si. The largest absolute Gasteiger partial charge is 0.460 e. The van der Waals surface area contributed by atoms with Gasteiger partial charge in [-0.2, -0.15) is 0 Å². The van der Waals surface area contributed by atoms with Gasteiger partial charge in [0.05, 0.1) is 22.2 Å². The molecule has 1 aromatic carbocycles. The zero-order valence-electron chi connectivity index (χ0n) is 36.6. The monoisotopic (exact) mass is 897 g/mol. The molecule has 2 aromatic rings. The number of alkyl halides is 3. The number of fused-ring (bicyclic) bond motifs is 1. The number of nitrogens with one attached hydrogen (secondary N) is 3. The number of carbonyl (C=O) groups excluding carboxylic acids is 5. The Bertz CT molecular complexity index is 1900. The van der Waals surface area contributed by atoms with E-state index in [-0.39, 0.29) is 17.5 Å². The number of benzene rings is 1. The maximum atomic E-state index is 14.8. The second-order valence-corrected chi connectivity index (χ2v) is 25.1. The van der Waals surface area contributed by atoms with Gasteiger partial charge in [0.1, 0.15) is 30.8 Å². The number of halogens is 3. The predicted octanol–water partition coefficient (Wildman–Crippen LogP) is 7.73. The number of aromatic nitrogens is 1. The second-order valence-electron chi connectivity index (χ2n) is 17.8. The van der Waals surface area contributed by atoms with Crippen molar-refractivity contribution in [3.8, 4) is 0 Å². The van der Waals surface area contributed by atoms with E-state index in [9.17, 15) is 24.0 Å². The van der Waals surface area contributed by atoms with Crippen LogP contribution in [0, 0.1) is 11.3 Å². The van der Waals surface area contributed by atoms with Gasteiger partial charge in [-0.05, 0) is 89.2 Å². The molecule has 0 saturated carbocycles. The minimum atomic E-state index is -2.46. The smallest absolute Gasteiger partial charge is 0.325 e. The van der Waals surface area contributed by atoms with Crippen LogP contribution >= 0.6 is 34.8 Å². The molecule has 2 heterocycles. The SMILES string of the molecule is CC(=O)O[C@H](C)c1ccc2ccc(/C=C/C(C)(C(=O)N[C@H](C(=O)N[C@@H](C)C(=O)N3CCC[C@@H](C(=O)OCC(Cl)(Cl)Cl)N3)C(C)C)C(C)(C)O[Si](C)(C)C(C)(C)C)cc2n1. The molecule has 59 heavy (non-hydrogen) atoms. The summed E-state index contributed by atoms with van der Waals surface area (Å²) in [6.07, 6.45) is 4.00. The third kappa shape index (κ3) is 13.4. The highest BCUT2D eigenvalue weighted by Gasteiger charge is 2.52. The van der Waals surface area contributed by atoms with Crippen molar-refractivity contribution in [2.75, 3.05) is 13.2 Å². The lowest BCUT2D eigenvalue weighted by molar-refractivity contribution is -0.153. The van der Waals surface area contributed by atoms with Crippen molar-refractivity contribution in [1.82, 2.24) is 26.1 Å². The minimum absolute atomic E-state index is 0.173. The van der Waals surface area contributed by atoms with Gasteiger partial charge in [-0.15, -0.1) is 0 Å². The van der Waals surface area contributed by atoms with E-state index in [2.05, 4.69) is 49.9 Å². The van der Waals surface area contributed by atoms with Crippen molar-refractivity contribution < 1.29 is 37.9 Å². The highest BCUT2D eigenvalue weighted by molar-refractivity contribution is 6.74. The molecular weight excluding hydrogens is 837 g/mol. The Kier molecular flexibility index (Phi) is 16.7. The average Bonchev–Trinajstić information content (AvgIpc) is 3.12. The highest BCUT2D eigenvalue weighted by Crippen LogP contribution is 2.45. The lowest BCUT2D eigenvalue weighted by Crippen LogP contribution is -2.63. The molecule has 1 saturated heterocycles. The van der Waals surface area contributed by atoms with E-state index < -0.39 is 83.6 Å². The van der Waals surface area contributed by atoms with E-state index in [4.69, 9.17) is 53.7 Å². The van der Waals surface area contributed by atoms with Gasteiger partial charge < -0.3 is 24.5 Å². The molecule has 328 valence electrons. The molecule has 0 spiro atoms. The van der Waals surface area contributed by atoms with Gasteiger partial charge in [-0.3, -0.25) is 29.0 Å². The first-order valence-electron chi connectivity index (χ1n) is 19.9. The summed E-state index contributed by atoms with van der Waals surface area (Å²) in [5.74, 6) is -2.95. The van der Waals surface area contributed by atoms with E-state index in [1.807, 2.05) is 50.3 Å². The van der Waals surface area contributed by atoms with Gasteiger partial charge in [-0.1, -0.05) is 99.8 Å². The summed E-state index contributed by atoms with van der Waals surface area (Å²) < 4.78 is 15.7. The molecule has 3 N–H and O–H groups in total. The molecule has 0 aliphatic carbocycles. The number of rotatable bonds is 15. The number of nitrogens with zero attached hydrogens (tertiary/aromatic N) is 2. The summed E-state index contributed by atoms with van der Waals surface area (Å²) in [5, 5.41) is 7.76. The maximum Gasteiger partial charge on any atom is 0.325 e. The van der Waals surface area contributed by atoms with Crippen LogP contribution in [0.1, 0.15) is 106 Å². The van der Waals surface area contributed by atoms with Crippen LogP contribution in [0.25, 0.3) is 17.0 Å². The van der Waals surface area contributed by atoms with E-state index in [0.717, 1.165) is 10.9 Å². The first-order valence-corrected chi connectivity index (χ1v) is 23.9. The lowest BCUT2D eigenvalue weighted by atomic mass is 9.73. The second kappa shape index (κ2) is 19.6. The zero-order valence-corrected chi connectivity index (χ0v) is 39.8. The van der Waals surface area contributed by atoms with Crippen LogP contribution in [-0.2, 0) is 37.9 Å². The zero-order chi connectivity index (χ0) is 44.9. The molecule has 13 nitrogen and oxygen atoms in total. The third-order valence-corrected chi connectivity index (χ3v) is 16.2. The van der Waals surface area contributed by atoms with Gasteiger partial charge in [0.25, 0.3) is 5.91 Å². The Morgan fingerprint density at radius 2 is 1.61 bits per heavy atom. The fraction of sp³-hybridized carbons (Fsp3) is 0.619. The lowest BCUT2D eigenvalue weighted by Gasteiger charge is -2.49. The topological polar surface area (TPSA) is 165 Å². The van der Waals surface area contributed by atoms with Crippen molar-refractivity contribution in [2.24, 2.45) is 11.3 Å². The van der Waals surface area contributed by atoms with Crippen LogP contribution in [0.15, 0.2) is 36.4 Å². The molecule has 1 unspecified atom stereocenters. The molecule has 0 radical (unpaired) electrons. The van der Waals surface area contributed by atoms with Crippen molar-refractivity contribution in [3.05, 3.63) is 47.7 Å². The van der Waals surface area contributed by atoms with E-state index >= 15 is 0 Å². The van der Waals surface area contributed by atoms with E-state index in [1.54, 1.807) is 33.8 Å². The number of ether oxygens (including phenoxy) is 2. The molecule has 3 amide bonds. The summed E-state index contributed by atoms with van der Waals surface area (Å²) in [5.41, 5.74) is 2.51. The van der Waals surface area contributed by atoms with Gasteiger partial charge in [0.15, 0.2) is 8.32 Å². The molecule has 17 heteroatoms. The Morgan fingerprint density at radius 3 is 2.19 bits per heavy atom. The number of hydrogen-bond donors (Lipinski definition) is 3. The van der Waals surface area contributed by atoms with Crippen LogP contribution < -0.4 is 16.1 Å². The molecule has 1 aromatic heterocycles. The Labute approximate surface area is 365 Å². The summed E-state index contributed by atoms with van der Waals surface area (Å²) in [4.78, 5) is 71.2. The van der Waals surface area contributed by atoms with Crippen LogP contribution in [0.5, 0.6) is 0 Å². The molecule has 0 bridgehead atoms. The quantitative estimate of drug-likeness (QED) is 0.0916. The van der Waals surface area contributed by atoms with Crippen molar-refractivity contribution >= 4 is 89.8 Å². The first-order chi connectivity index (χ1) is 27.0. The van der Waals surface area contributed by atoms with Gasteiger partial charge in [0, 0.05) is 18.9 Å². The van der Waals surface area contributed by atoms with Crippen molar-refractivity contribution in [2.45, 2.75) is 141 Å². The van der Waals surface area contributed by atoms with Crippen LogP contribution in [0.2, 0.25) is 18.1 Å². The number of amides is 3. The highest BCUT2D eigenvalue weighted by atomic mass is 35.6. The maximum absolute atomic E-state index is 14.8. The number of carbonyl (C=O) groups is 5. The van der Waals surface area contributed by atoms with Gasteiger partial charge >= 0.3 is 11.9 Å². The molecule has 5 atom stereocenters. The van der Waals surface area contributed by atoms with Crippen molar-refractivity contribution in [3.63, 3.8) is 0 Å². The minimum Gasteiger partial charge on any atom is -0.460 e. The summed E-state index contributed by atoms with van der Waals surface area (Å²) in [7, 11) is -2.46. The Hall–Kier alpha value is -3.27. The van der Waals surface area contributed by atoms with Crippen LogP contribution in [0.4, 0.5) is 0 Å². The average molecular weight is 899 g/mol. The van der Waals surface area contributed by atoms with E-state index in [0.29, 0.717) is 24.1 Å². The first kappa shape index (κ1) is 50.1. The summed E-state index contributed by atoms with van der Waals surface area (Å²) in [6, 6.07) is 6.57. The normalized spacial score (nSPS) is 18.2. The number of hydrazine groups is 1. The Morgan fingerprint density at radius 1 is 0.983 bits per heavy atom. The van der Waals surface area contributed by atoms with Crippen molar-refractivity contribution in [1.29, 1.82) is 0 Å².